The molecule has 0 radical (unpaired) electrons. The number of carbonyl (C=O) groups is 2. The number of ether oxygens (including phenoxy) is 1. The third-order valence-corrected chi connectivity index (χ3v) is 5.15. The predicted molar refractivity (Wildman–Crippen MR) is 77.2 cm³/mol. The maximum Gasteiger partial charge on any atom is 0.408 e. The molecule has 104 valence electrons. The van der Waals surface area contributed by atoms with Crippen molar-refractivity contribution >= 4 is 35.4 Å². The van der Waals surface area contributed by atoms with Gasteiger partial charge >= 0.3 is 6.09 Å². The molecular formula is C12H21NO3S2. The van der Waals surface area contributed by atoms with Crippen molar-refractivity contribution in [3.63, 3.8) is 0 Å². The number of ketones is 1. The van der Waals surface area contributed by atoms with E-state index in [-0.39, 0.29) is 10.4 Å². The number of nitrogens with one attached hydrogen (secondary N) is 1. The second-order valence-corrected chi connectivity index (χ2v) is 7.92. The van der Waals surface area contributed by atoms with Gasteiger partial charge in [-0.3, -0.25) is 4.79 Å². The van der Waals surface area contributed by atoms with Crippen molar-refractivity contribution in [1.29, 1.82) is 0 Å². The Kier molecular flexibility index (Phi) is 5.85. The molecule has 0 spiro atoms. The van der Waals surface area contributed by atoms with E-state index in [1.54, 1.807) is 51.2 Å². The van der Waals surface area contributed by atoms with Crippen LogP contribution >= 0.6 is 23.5 Å². The summed E-state index contributed by atoms with van der Waals surface area (Å²) in [5.41, 5.74) is -0.540. The average Bonchev–Trinajstić information content (AvgIpc) is 2.26. The molecule has 1 atom stereocenters. The zero-order valence-corrected chi connectivity index (χ0v) is 13.0. The molecule has 1 rings (SSSR count). The molecule has 18 heavy (non-hydrogen) atoms. The Morgan fingerprint density at radius 2 is 1.83 bits per heavy atom. The Hall–Kier alpha value is -0.360. The highest BCUT2D eigenvalue weighted by molar-refractivity contribution is 8.18. The van der Waals surface area contributed by atoms with Gasteiger partial charge in [-0.25, -0.2) is 4.79 Å². The summed E-state index contributed by atoms with van der Waals surface area (Å²) in [7, 11) is 0. The number of carbonyl (C=O) groups excluding carboxylic acids is 2. The van der Waals surface area contributed by atoms with Crippen LogP contribution in [0.4, 0.5) is 4.79 Å². The fourth-order valence-corrected chi connectivity index (χ4v) is 4.34. The van der Waals surface area contributed by atoms with E-state index in [0.29, 0.717) is 0 Å². The first kappa shape index (κ1) is 15.7. The van der Waals surface area contributed by atoms with Crippen LogP contribution < -0.4 is 5.32 Å². The van der Waals surface area contributed by atoms with Crippen molar-refractivity contribution in [2.24, 2.45) is 0 Å². The van der Waals surface area contributed by atoms with Gasteiger partial charge in [0.15, 0.2) is 5.78 Å². The lowest BCUT2D eigenvalue weighted by molar-refractivity contribution is -0.118. The fraction of sp³-hybridized carbons (Fsp3) is 0.833. The van der Waals surface area contributed by atoms with Gasteiger partial charge in [-0.2, -0.15) is 0 Å². The Labute approximate surface area is 117 Å². The van der Waals surface area contributed by atoms with Gasteiger partial charge in [0, 0.05) is 0 Å². The number of thioether (sulfide) groups is 2. The molecule has 4 nitrogen and oxygen atoms in total. The van der Waals surface area contributed by atoms with Crippen molar-refractivity contribution in [1.82, 2.24) is 5.32 Å². The first-order chi connectivity index (χ1) is 8.29. The van der Waals surface area contributed by atoms with E-state index < -0.39 is 17.7 Å². The molecule has 0 bridgehead atoms. The smallest absolute Gasteiger partial charge is 0.408 e. The molecule has 1 aliphatic rings. The lowest BCUT2D eigenvalue weighted by Gasteiger charge is -2.25. The predicted octanol–water partition coefficient (Wildman–Crippen LogP) is 2.66. The number of Topliss-reactive ketones (excluding diaryl/α,β-unsaturated/α-hetero) is 1. The fourth-order valence-electron chi connectivity index (χ4n) is 1.41. The van der Waals surface area contributed by atoms with Crippen LogP contribution in [-0.2, 0) is 9.53 Å². The third kappa shape index (κ3) is 5.52. The van der Waals surface area contributed by atoms with E-state index in [9.17, 15) is 9.59 Å². The van der Waals surface area contributed by atoms with Crippen LogP contribution in [0.1, 0.15) is 34.1 Å². The van der Waals surface area contributed by atoms with E-state index in [2.05, 4.69) is 5.32 Å². The van der Waals surface area contributed by atoms with Crippen LogP contribution in [0.15, 0.2) is 0 Å². The Bertz CT molecular complexity index is 309. The molecule has 1 unspecified atom stereocenters. The molecule has 0 aliphatic carbocycles. The van der Waals surface area contributed by atoms with Crippen molar-refractivity contribution in [3.8, 4) is 0 Å². The van der Waals surface area contributed by atoms with E-state index in [1.807, 2.05) is 0 Å². The standard InChI is InChI=1S/C12H21NO3S2/c1-8(13-11(15)16-12(2,3)4)9(14)10-17-6-5-7-18-10/h8,10H,5-7H2,1-4H3,(H,13,15). The van der Waals surface area contributed by atoms with E-state index in [1.165, 1.54) is 0 Å². The molecule has 1 saturated heterocycles. The SMILES string of the molecule is CC(NC(=O)OC(C)(C)C)C(=O)C1SCCCS1. The van der Waals surface area contributed by atoms with Gasteiger partial charge in [0.25, 0.3) is 0 Å². The van der Waals surface area contributed by atoms with Gasteiger partial charge in [-0.05, 0) is 45.6 Å². The lowest BCUT2D eigenvalue weighted by atomic mass is 10.2. The maximum atomic E-state index is 12.1. The first-order valence-electron chi connectivity index (χ1n) is 6.06. The molecule has 0 aromatic heterocycles. The molecule has 1 aliphatic heterocycles. The number of hydrogen-bond donors (Lipinski definition) is 1. The summed E-state index contributed by atoms with van der Waals surface area (Å²) in [6.07, 6.45) is 0.613. The van der Waals surface area contributed by atoms with Crippen LogP contribution in [0, 0.1) is 0 Å². The Morgan fingerprint density at radius 3 is 2.33 bits per heavy atom. The summed E-state index contributed by atoms with van der Waals surface area (Å²) in [6, 6.07) is -0.497. The van der Waals surface area contributed by atoms with Gasteiger partial charge in [0.2, 0.25) is 0 Å². The van der Waals surface area contributed by atoms with E-state index in [4.69, 9.17) is 4.74 Å². The minimum Gasteiger partial charge on any atom is -0.444 e. The number of hydrogen-bond acceptors (Lipinski definition) is 5. The van der Waals surface area contributed by atoms with Crippen LogP contribution in [0.25, 0.3) is 0 Å². The quantitative estimate of drug-likeness (QED) is 0.866. The summed E-state index contributed by atoms with van der Waals surface area (Å²) in [4.78, 5) is 23.6. The minimum absolute atomic E-state index is 0.0521. The normalized spacial score (nSPS) is 19.1. The molecule has 1 fully saturated rings. The molecule has 0 saturated carbocycles. The molecule has 1 heterocycles. The lowest BCUT2D eigenvalue weighted by Crippen LogP contribution is -2.44. The summed E-state index contributed by atoms with van der Waals surface area (Å²) in [6.45, 7) is 7.10. The van der Waals surface area contributed by atoms with Crippen molar-refractivity contribution in [3.05, 3.63) is 0 Å². The highest BCUT2D eigenvalue weighted by Gasteiger charge is 2.28. The van der Waals surface area contributed by atoms with E-state index >= 15 is 0 Å². The van der Waals surface area contributed by atoms with Crippen LogP contribution in [0.2, 0.25) is 0 Å². The first-order valence-corrected chi connectivity index (χ1v) is 8.16. The highest BCUT2D eigenvalue weighted by Crippen LogP contribution is 2.31. The second kappa shape index (κ2) is 6.70. The zero-order chi connectivity index (χ0) is 13.8. The number of alkyl carbamates (subject to hydrolysis) is 1. The monoisotopic (exact) mass is 291 g/mol. The van der Waals surface area contributed by atoms with Gasteiger partial charge in [-0.1, -0.05) is 0 Å². The van der Waals surface area contributed by atoms with E-state index in [0.717, 1.165) is 17.9 Å². The van der Waals surface area contributed by atoms with Crippen molar-refractivity contribution in [2.75, 3.05) is 11.5 Å². The number of rotatable bonds is 3. The van der Waals surface area contributed by atoms with Crippen LogP contribution in [0.5, 0.6) is 0 Å². The summed E-state index contributed by atoms with van der Waals surface area (Å²) < 4.78 is 5.08. The summed E-state index contributed by atoms with van der Waals surface area (Å²) in [5, 5.41) is 2.60. The van der Waals surface area contributed by atoms with Gasteiger partial charge < -0.3 is 10.1 Å². The Balaban J connectivity index is 2.41. The van der Waals surface area contributed by atoms with Crippen molar-refractivity contribution < 1.29 is 14.3 Å². The topological polar surface area (TPSA) is 55.4 Å². The minimum atomic E-state index is -0.540. The van der Waals surface area contributed by atoms with Gasteiger partial charge in [0.1, 0.15) is 10.2 Å². The largest absolute Gasteiger partial charge is 0.444 e. The number of amides is 1. The Morgan fingerprint density at radius 1 is 1.28 bits per heavy atom. The van der Waals surface area contributed by atoms with Gasteiger partial charge in [0.05, 0.1) is 6.04 Å². The molecular weight excluding hydrogens is 270 g/mol. The average molecular weight is 291 g/mol. The molecule has 0 aromatic carbocycles. The molecule has 0 aromatic rings. The summed E-state index contributed by atoms with van der Waals surface area (Å²) >= 11 is 3.32. The second-order valence-electron chi connectivity index (χ2n) is 5.20. The third-order valence-electron chi connectivity index (χ3n) is 2.22. The zero-order valence-electron chi connectivity index (χ0n) is 11.3. The summed E-state index contributed by atoms with van der Waals surface area (Å²) in [5.74, 6) is 2.10. The van der Waals surface area contributed by atoms with Crippen molar-refractivity contribution in [2.45, 2.75) is 50.3 Å². The van der Waals surface area contributed by atoms with Gasteiger partial charge in [-0.15, -0.1) is 23.5 Å². The highest BCUT2D eigenvalue weighted by atomic mass is 32.2. The molecule has 1 amide bonds. The van der Waals surface area contributed by atoms with Crippen LogP contribution in [0.3, 0.4) is 0 Å². The molecule has 1 N–H and O–H groups in total. The maximum absolute atomic E-state index is 12.1. The molecule has 6 heteroatoms. The van der Waals surface area contributed by atoms with Crippen LogP contribution in [-0.4, -0.2) is 39.6 Å².